The van der Waals surface area contributed by atoms with E-state index in [1.165, 1.54) is 0 Å². The van der Waals surface area contributed by atoms with Crippen molar-refractivity contribution in [2.75, 3.05) is 54.5 Å². The fourth-order valence-corrected chi connectivity index (χ4v) is 4.39. The molecule has 0 aromatic heterocycles. The van der Waals surface area contributed by atoms with Crippen molar-refractivity contribution < 1.29 is 36.1 Å². The summed E-state index contributed by atoms with van der Waals surface area (Å²) in [6, 6.07) is 0.611. The van der Waals surface area contributed by atoms with E-state index in [4.69, 9.17) is 31.3 Å². The van der Waals surface area contributed by atoms with Crippen LogP contribution in [0.3, 0.4) is 0 Å². The first-order chi connectivity index (χ1) is 12.2. The van der Waals surface area contributed by atoms with E-state index in [-0.39, 0.29) is 5.97 Å². The lowest BCUT2D eigenvalue weighted by atomic mass is 10.4. The Morgan fingerprint density at radius 2 is 1.46 bits per heavy atom. The molecule has 0 unspecified atom stereocenters. The molecule has 11 heteroatoms. The van der Waals surface area contributed by atoms with Gasteiger partial charge in [-0.25, -0.2) is 4.79 Å². The summed E-state index contributed by atoms with van der Waals surface area (Å²) in [6.07, 6.45) is 0.640. The SMILES string of the molecule is C=C(C)C(=O)OCCC[Si](OC)(OC)OC.CO[Si](C)(OC)OCCS. The number of hydrogen-bond acceptors (Lipinski definition) is 9. The summed E-state index contributed by atoms with van der Waals surface area (Å²) in [7, 11) is 3.05. The van der Waals surface area contributed by atoms with Crippen LogP contribution >= 0.6 is 12.6 Å². The van der Waals surface area contributed by atoms with Gasteiger partial charge in [-0.3, -0.25) is 0 Å². The molecule has 0 fully saturated rings. The smallest absolute Gasteiger partial charge is 0.462 e. The molecule has 0 N–H and O–H groups in total. The minimum Gasteiger partial charge on any atom is -0.462 e. The first kappa shape index (κ1) is 28.0. The van der Waals surface area contributed by atoms with Gasteiger partial charge in [-0.05, 0) is 13.3 Å². The zero-order valence-corrected chi connectivity index (χ0v) is 19.9. The van der Waals surface area contributed by atoms with Gasteiger partial charge in [0.2, 0.25) is 0 Å². The maximum atomic E-state index is 11.1. The highest BCUT2D eigenvalue weighted by Gasteiger charge is 2.37. The molecule has 0 heterocycles. The molecule has 0 spiro atoms. The van der Waals surface area contributed by atoms with Gasteiger partial charge in [-0.1, -0.05) is 6.58 Å². The third-order valence-corrected chi connectivity index (χ3v) is 8.57. The summed E-state index contributed by atoms with van der Waals surface area (Å²) in [5, 5.41) is 0. The fraction of sp³-hybridized carbons (Fsp3) is 0.800. The molecule has 0 saturated heterocycles. The van der Waals surface area contributed by atoms with Crippen LogP contribution in [-0.4, -0.2) is 78.1 Å². The van der Waals surface area contributed by atoms with Crippen LogP contribution in [-0.2, 0) is 36.1 Å². The van der Waals surface area contributed by atoms with E-state index in [1.54, 1.807) is 42.5 Å². The van der Waals surface area contributed by atoms with Crippen LogP contribution in [0.1, 0.15) is 13.3 Å². The van der Waals surface area contributed by atoms with Crippen molar-refractivity contribution in [3.8, 4) is 0 Å². The number of ether oxygens (including phenoxy) is 1. The topological polar surface area (TPSA) is 81.7 Å². The van der Waals surface area contributed by atoms with E-state index in [2.05, 4.69) is 19.2 Å². The highest BCUT2D eigenvalue weighted by atomic mass is 32.1. The molecule has 0 saturated carbocycles. The van der Waals surface area contributed by atoms with Crippen molar-refractivity contribution in [3.05, 3.63) is 12.2 Å². The number of carbonyl (C=O) groups is 1. The third kappa shape index (κ3) is 12.2. The molecule has 0 amide bonds. The number of esters is 1. The highest BCUT2D eigenvalue weighted by molar-refractivity contribution is 7.80. The maximum Gasteiger partial charge on any atom is 0.500 e. The zero-order valence-electron chi connectivity index (χ0n) is 17.0. The van der Waals surface area contributed by atoms with Crippen molar-refractivity contribution in [1.82, 2.24) is 0 Å². The molecule has 0 aliphatic rings. The predicted octanol–water partition coefficient (Wildman–Crippen LogP) is 2.17. The Balaban J connectivity index is 0. The molecule has 0 aliphatic carbocycles. The lowest BCUT2D eigenvalue weighted by molar-refractivity contribution is -0.139. The number of hydrogen-bond donors (Lipinski definition) is 1. The first-order valence-corrected chi connectivity index (χ1v) is 12.8. The minimum absolute atomic E-state index is 0.316. The molecule has 0 aromatic rings. The van der Waals surface area contributed by atoms with Crippen LogP contribution in [0.25, 0.3) is 0 Å². The van der Waals surface area contributed by atoms with Crippen molar-refractivity contribution >= 4 is 36.2 Å². The monoisotopic (exact) mass is 430 g/mol. The van der Waals surface area contributed by atoms with Crippen molar-refractivity contribution in [2.24, 2.45) is 0 Å². The van der Waals surface area contributed by atoms with Crippen LogP contribution in [0.4, 0.5) is 0 Å². The average Bonchev–Trinajstić information content (AvgIpc) is 2.67. The minimum atomic E-state index is -2.53. The Morgan fingerprint density at radius 1 is 0.962 bits per heavy atom. The zero-order chi connectivity index (χ0) is 20.6. The number of carbonyl (C=O) groups excluding carboxylic acids is 1. The summed E-state index contributed by atoms with van der Waals surface area (Å²) in [6.45, 7) is 7.84. The van der Waals surface area contributed by atoms with Crippen LogP contribution < -0.4 is 0 Å². The van der Waals surface area contributed by atoms with E-state index in [9.17, 15) is 4.79 Å². The first-order valence-electron chi connectivity index (χ1n) is 8.02. The van der Waals surface area contributed by atoms with Gasteiger partial charge in [0.25, 0.3) is 0 Å². The molecule has 0 radical (unpaired) electrons. The lowest BCUT2D eigenvalue weighted by Gasteiger charge is -2.24. The second kappa shape index (κ2) is 15.8. The standard InChI is InChI=1S/C10H20O5Si.C5H14O3SSi/c1-9(2)10(11)15-7-6-8-16(12-3,13-4)14-5;1-6-10(3,7-2)8-4-5-9/h1,6-8H2,2-5H3;9H,4-5H2,1-3H3. The molecule has 0 bridgehead atoms. The van der Waals surface area contributed by atoms with Crippen molar-refractivity contribution in [1.29, 1.82) is 0 Å². The van der Waals surface area contributed by atoms with Crippen LogP contribution in [0.2, 0.25) is 12.6 Å². The Bertz CT molecular complexity index is 382. The largest absolute Gasteiger partial charge is 0.500 e. The highest BCUT2D eigenvalue weighted by Crippen LogP contribution is 2.15. The van der Waals surface area contributed by atoms with E-state index in [0.717, 1.165) is 0 Å². The van der Waals surface area contributed by atoms with Crippen molar-refractivity contribution in [3.63, 3.8) is 0 Å². The Labute approximate surface area is 165 Å². The number of rotatable bonds is 13. The molecule has 26 heavy (non-hydrogen) atoms. The van der Waals surface area contributed by atoms with Crippen molar-refractivity contribution in [2.45, 2.75) is 25.9 Å². The van der Waals surface area contributed by atoms with E-state index in [0.29, 0.717) is 37.0 Å². The van der Waals surface area contributed by atoms with Gasteiger partial charge in [-0.15, -0.1) is 0 Å². The van der Waals surface area contributed by atoms with Crippen LogP contribution in [0.15, 0.2) is 12.2 Å². The lowest BCUT2D eigenvalue weighted by Crippen LogP contribution is -2.42. The molecule has 0 rings (SSSR count). The quantitative estimate of drug-likeness (QED) is 0.157. The van der Waals surface area contributed by atoms with Gasteiger partial charge in [0.1, 0.15) is 0 Å². The predicted molar refractivity (Wildman–Crippen MR) is 107 cm³/mol. The molecule has 8 nitrogen and oxygen atoms in total. The molecular weight excluding hydrogens is 396 g/mol. The van der Waals surface area contributed by atoms with Gasteiger partial charge in [0.15, 0.2) is 0 Å². The third-order valence-electron chi connectivity index (χ3n) is 3.34. The average molecular weight is 431 g/mol. The normalized spacial score (nSPS) is 11.5. The molecule has 0 aromatic carbocycles. The van der Waals surface area contributed by atoms with Gasteiger partial charge >= 0.3 is 23.6 Å². The summed E-state index contributed by atoms with van der Waals surface area (Å²) in [5.74, 6) is 0.314. The molecular formula is C15H34O8SSi2. The second-order valence-corrected chi connectivity index (χ2v) is 11.5. The fourth-order valence-electron chi connectivity index (χ4n) is 1.57. The number of thiol groups is 1. The van der Waals surface area contributed by atoms with Gasteiger partial charge in [0.05, 0.1) is 6.61 Å². The summed E-state index contributed by atoms with van der Waals surface area (Å²) in [5.41, 5.74) is 0.397. The van der Waals surface area contributed by atoms with Gasteiger partial charge in [-0.2, -0.15) is 12.6 Å². The second-order valence-electron chi connectivity index (χ2n) is 5.16. The Morgan fingerprint density at radius 3 is 1.81 bits per heavy atom. The van der Waals surface area contributed by atoms with Crippen LogP contribution in [0.5, 0.6) is 0 Å². The maximum absolute atomic E-state index is 11.1. The molecule has 0 atom stereocenters. The molecule has 0 aliphatic heterocycles. The Hall–Kier alpha value is -0.246. The van der Waals surface area contributed by atoms with Gasteiger partial charge in [0, 0.05) is 66.1 Å². The summed E-state index contributed by atoms with van der Waals surface area (Å²) in [4.78, 5) is 11.1. The van der Waals surface area contributed by atoms with E-state index >= 15 is 0 Å². The van der Waals surface area contributed by atoms with E-state index in [1.807, 2.05) is 6.55 Å². The summed E-state index contributed by atoms with van der Waals surface area (Å²) >= 11 is 4.00. The molecule has 156 valence electrons. The van der Waals surface area contributed by atoms with Crippen LogP contribution in [0, 0.1) is 0 Å². The van der Waals surface area contributed by atoms with E-state index < -0.39 is 17.6 Å². The Kier molecular flexibility index (Phi) is 17.0. The van der Waals surface area contributed by atoms with Gasteiger partial charge < -0.3 is 31.3 Å². The summed E-state index contributed by atoms with van der Waals surface area (Å²) < 4.78 is 36.0.